The van der Waals surface area contributed by atoms with Crippen LogP contribution in [0.15, 0.2) is 24.3 Å². The Balaban J connectivity index is 1.42. The largest absolute Gasteiger partial charge is 0.486 e. The van der Waals surface area contributed by atoms with Gasteiger partial charge in [0, 0.05) is 6.04 Å². The Hall–Kier alpha value is -1.91. The highest BCUT2D eigenvalue weighted by Crippen LogP contribution is 2.30. The van der Waals surface area contributed by atoms with Crippen molar-refractivity contribution in [3.63, 3.8) is 0 Å². The van der Waals surface area contributed by atoms with Gasteiger partial charge in [-0.25, -0.2) is 4.79 Å². The standard InChI is InChI=1S/C16H22N2O3/c19-16(18-12-6-2-1-3-7-12)17-10-13-11-20-14-8-4-5-9-15(14)21-13/h4-5,8-9,12-13H,1-3,6-7,10-11H2,(H2,17,18,19)/t13-/m0/s1. The maximum absolute atomic E-state index is 11.9. The molecular formula is C16H22N2O3. The number of carbonyl (C=O) groups excluding carboxylic acids is 1. The van der Waals surface area contributed by atoms with Crippen LogP contribution in [0, 0.1) is 0 Å². The first kappa shape index (κ1) is 14.0. The second kappa shape index (κ2) is 6.70. The van der Waals surface area contributed by atoms with E-state index in [-0.39, 0.29) is 12.1 Å². The highest BCUT2D eigenvalue weighted by molar-refractivity contribution is 5.74. The Morgan fingerprint density at radius 2 is 1.90 bits per heavy atom. The molecule has 1 aromatic rings. The van der Waals surface area contributed by atoms with Crippen molar-refractivity contribution in [2.24, 2.45) is 0 Å². The molecule has 1 aromatic carbocycles. The van der Waals surface area contributed by atoms with E-state index in [4.69, 9.17) is 9.47 Å². The van der Waals surface area contributed by atoms with Crippen molar-refractivity contribution in [2.45, 2.75) is 44.2 Å². The lowest BCUT2D eigenvalue weighted by molar-refractivity contribution is 0.0916. The van der Waals surface area contributed by atoms with E-state index < -0.39 is 0 Å². The van der Waals surface area contributed by atoms with Crippen molar-refractivity contribution in [2.75, 3.05) is 13.2 Å². The van der Waals surface area contributed by atoms with E-state index >= 15 is 0 Å². The number of ether oxygens (including phenoxy) is 2. The SMILES string of the molecule is O=C(NC[C@H]1COc2ccccc2O1)NC1CCCCC1. The fraction of sp³-hybridized carbons (Fsp3) is 0.562. The van der Waals surface area contributed by atoms with Crippen molar-refractivity contribution >= 4 is 6.03 Å². The summed E-state index contributed by atoms with van der Waals surface area (Å²) >= 11 is 0. The second-order valence-corrected chi connectivity index (χ2v) is 5.69. The number of benzene rings is 1. The van der Waals surface area contributed by atoms with Crippen LogP contribution in [0.2, 0.25) is 0 Å². The number of amides is 2. The summed E-state index contributed by atoms with van der Waals surface area (Å²) < 4.78 is 11.4. The molecule has 0 radical (unpaired) electrons. The molecule has 5 heteroatoms. The summed E-state index contributed by atoms with van der Waals surface area (Å²) in [6, 6.07) is 7.80. The lowest BCUT2D eigenvalue weighted by Crippen LogP contribution is -2.47. The molecule has 2 N–H and O–H groups in total. The molecule has 21 heavy (non-hydrogen) atoms. The van der Waals surface area contributed by atoms with Crippen molar-refractivity contribution in [3.8, 4) is 11.5 Å². The summed E-state index contributed by atoms with van der Waals surface area (Å²) in [5.74, 6) is 1.50. The van der Waals surface area contributed by atoms with Gasteiger partial charge in [-0.1, -0.05) is 31.4 Å². The van der Waals surface area contributed by atoms with Crippen molar-refractivity contribution in [1.29, 1.82) is 0 Å². The summed E-state index contributed by atoms with van der Waals surface area (Å²) in [6.07, 6.45) is 5.74. The van der Waals surface area contributed by atoms with Gasteiger partial charge in [-0.15, -0.1) is 0 Å². The van der Waals surface area contributed by atoms with Gasteiger partial charge in [0.2, 0.25) is 0 Å². The van der Waals surface area contributed by atoms with E-state index in [9.17, 15) is 4.79 Å². The van der Waals surface area contributed by atoms with Crippen molar-refractivity contribution in [1.82, 2.24) is 10.6 Å². The zero-order chi connectivity index (χ0) is 14.5. The normalized spacial score (nSPS) is 21.6. The Bertz CT molecular complexity index is 486. The molecule has 0 saturated heterocycles. The first-order chi connectivity index (χ1) is 10.3. The monoisotopic (exact) mass is 290 g/mol. The van der Waals surface area contributed by atoms with Gasteiger partial charge in [0.15, 0.2) is 17.6 Å². The summed E-state index contributed by atoms with van der Waals surface area (Å²) in [4.78, 5) is 11.9. The average molecular weight is 290 g/mol. The molecule has 114 valence electrons. The first-order valence-corrected chi connectivity index (χ1v) is 7.74. The fourth-order valence-corrected chi connectivity index (χ4v) is 2.85. The number of urea groups is 1. The zero-order valence-corrected chi connectivity index (χ0v) is 12.1. The van der Waals surface area contributed by atoms with E-state index in [2.05, 4.69) is 10.6 Å². The Morgan fingerprint density at radius 1 is 1.14 bits per heavy atom. The molecule has 5 nitrogen and oxygen atoms in total. The summed E-state index contributed by atoms with van der Waals surface area (Å²) in [7, 11) is 0. The van der Waals surface area contributed by atoms with E-state index in [0.717, 1.165) is 24.3 Å². The highest BCUT2D eigenvalue weighted by atomic mass is 16.6. The molecule has 1 aliphatic carbocycles. The van der Waals surface area contributed by atoms with Gasteiger partial charge in [-0.05, 0) is 25.0 Å². The van der Waals surface area contributed by atoms with Crippen molar-refractivity contribution in [3.05, 3.63) is 24.3 Å². The molecule has 2 aliphatic rings. The molecule has 0 aromatic heterocycles. The lowest BCUT2D eigenvalue weighted by Gasteiger charge is -2.27. The van der Waals surface area contributed by atoms with Gasteiger partial charge in [-0.2, -0.15) is 0 Å². The van der Waals surface area contributed by atoms with Crippen LogP contribution in [0.5, 0.6) is 11.5 Å². The number of fused-ring (bicyclic) bond motifs is 1. The number of rotatable bonds is 3. The van der Waals surface area contributed by atoms with Crippen LogP contribution in [0.25, 0.3) is 0 Å². The van der Waals surface area contributed by atoms with Crippen LogP contribution < -0.4 is 20.1 Å². The van der Waals surface area contributed by atoms with Gasteiger partial charge >= 0.3 is 6.03 Å². The smallest absolute Gasteiger partial charge is 0.315 e. The minimum absolute atomic E-state index is 0.107. The van der Waals surface area contributed by atoms with Crippen LogP contribution in [0.4, 0.5) is 4.79 Å². The third-order valence-corrected chi connectivity index (χ3v) is 4.00. The molecule has 0 spiro atoms. The molecule has 1 heterocycles. The van der Waals surface area contributed by atoms with E-state index in [1.807, 2.05) is 24.3 Å². The lowest BCUT2D eigenvalue weighted by atomic mass is 9.96. The molecule has 1 saturated carbocycles. The first-order valence-electron chi connectivity index (χ1n) is 7.74. The van der Waals surface area contributed by atoms with E-state index in [1.54, 1.807) is 0 Å². The molecule has 2 amide bonds. The summed E-state index contributed by atoms with van der Waals surface area (Å²) in [5.41, 5.74) is 0. The maximum atomic E-state index is 11.9. The van der Waals surface area contributed by atoms with E-state index in [0.29, 0.717) is 19.2 Å². The van der Waals surface area contributed by atoms with Crippen LogP contribution in [0.1, 0.15) is 32.1 Å². The van der Waals surface area contributed by atoms with Crippen LogP contribution >= 0.6 is 0 Å². The number of para-hydroxylation sites is 2. The predicted octanol–water partition coefficient (Wildman–Crippen LogP) is 2.46. The minimum Gasteiger partial charge on any atom is -0.486 e. The Morgan fingerprint density at radius 3 is 2.71 bits per heavy atom. The van der Waals surface area contributed by atoms with Gasteiger partial charge in [0.05, 0.1) is 6.54 Å². The molecule has 1 atom stereocenters. The van der Waals surface area contributed by atoms with Crippen LogP contribution in [-0.4, -0.2) is 31.3 Å². The highest BCUT2D eigenvalue weighted by Gasteiger charge is 2.22. The second-order valence-electron chi connectivity index (χ2n) is 5.69. The molecule has 1 fully saturated rings. The fourth-order valence-electron chi connectivity index (χ4n) is 2.85. The van der Waals surface area contributed by atoms with E-state index in [1.165, 1.54) is 19.3 Å². The molecule has 1 aliphatic heterocycles. The zero-order valence-electron chi connectivity index (χ0n) is 12.1. The number of hydrogen-bond donors (Lipinski definition) is 2. The third-order valence-electron chi connectivity index (χ3n) is 4.00. The van der Waals surface area contributed by atoms with Crippen molar-refractivity contribution < 1.29 is 14.3 Å². The van der Waals surface area contributed by atoms with Crippen LogP contribution in [0.3, 0.4) is 0 Å². The molecule has 0 bridgehead atoms. The molecule has 0 unspecified atom stereocenters. The number of hydrogen-bond acceptors (Lipinski definition) is 3. The molecule has 3 rings (SSSR count). The predicted molar refractivity (Wildman–Crippen MR) is 79.8 cm³/mol. The number of carbonyl (C=O) groups is 1. The summed E-state index contributed by atoms with van der Waals surface area (Å²) in [6.45, 7) is 0.910. The topological polar surface area (TPSA) is 59.6 Å². The minimum atomic E-state index is -0.142. The van der Waals surface area contributed by atoms with Gasteiger partial charge < -0.3 is 20.1 Å². The Kier molecular flexibility index (Phi) is 4.48. The molecular weight excluding hydrogens is 268 g/mol. The maximum Gasteiger partial charge on any atom is 0.315 e. The Labute approximate surface area is 125 Å². The van der Waals surface area contributed by atoms with Crippen LogP contribution in [-0.2, 0) is 0 Å². The quantitative estimate of drug-likeness (QED) is 0.899. The van der Waals surface area contributed by atoms with Gasteiger partial charge in [0.25, 0.3) is 0 Å². The van der Waals surface area contributed by atoms with Gasteiger partial charge in [-0.3, -0.25) is 0 Å². The van der Waals surface area contributed by atoms with Gasteiger partial charge in [0.1, 0.15) is 6.61 Å². The summed E-state index contributed by atoms with van der Waals surface area (Å²) in [5, 5.41) is 5.91. The third kappa shape index (κ3) is 3.80. The average Bonchev–Trinajstić information content (AvgIpc) is 2.54. The number of nitrogens with one attached hydrogen (secondary N) is 2.